The van der Waals surface area contributed by atoms with Crippen LogP contribution in [0, 0.1) is 27.7 Å². The second-order valence-corrected chi connectivity index (χ2v) is 38.5. The molecule has 5 aromatic heterocycles. The molecule has 40 heteroatoms. The zero-order valence-electron chi connectivity index (χ0n) is 73.4. The van der Waals surface area contributed by atoms with Crippen LogP contribution in [0.5, 0.6) is 46.0 Å². The smallest absolute Gasteiger partial charge is 0.327 e. The molecule has 0 bridgehead atoms. The number of benzene rings is 8. The summed E-state index contributed by atoms with van der Waals surface area (Å²) in [5.74, 6) is 2.40. The number of methoxy groups -OCH3 is 4. The minimum Gasteiger partial charge on any atom is -0.493 e. The molecule has 0 amide bonds. The topological polar surface area (TPSA) is 443 Å². The Balaban J connectivity index is 0.000000230. The van der Waals surface area contributed by atoms with E-state index in [4.69, 9.17) is 43.6 Å². The van der Waals surface area contributed by atoms with Crippen molar-refractivity contribution in [3.05, 3.63) is 301 Å². The van der Waals surface area contributed by atoms with Gasteiger partial charge in [0, 0.05) is 125 Å². The third-order valence-corrected chi connectivity index (χ3v) is 24.1. The quantitative estimate of drug-likeness (QED) is 0.0142. The number of nitrogen functional groups attached to an aromatic ring is 1. The first-order chi connectivity index (χ1) is 60.5. The van der Waals surface area contributed by atoms with Crippen LogP contribution in [0.2, 0.25) is 0 Å². The molecule has 0 aliphatic carbocycles. The molecule has 4 atom stereocenters. The molecular weight excluding hydrogens is 1980 g/mol. The first-order valence-electron chi connectivity index (χ1n) is 39.7. The van der Waals surface area contributed by atoms with E-state index >= 15 is 0 Å². The Morgan fingerprint density at radius 2 is 0.798 bits per heavy atom. The first kappa shape index (κ1) is 104. The zero-order chi connectivity index (χ0) is 92.3. The molecule has 129 heavy (non-hydrogen) atoms. The van der Waals surface area contributed by atoms with Crippen LogP contribution in [-0.4, -0.2) is 196 Å². The van der Waals surface area contributed by atoms with Crippen molar-refractivity contribution in [1.29, 1.82) is 0 Å². The number of hydrogen-bond donors (Lipinski definition) is 3. The van der Waals surface area contributed by atoms with Gasteiger partial charge in [0.05, 0.1) is 126 Å². The average molecular weight is 2080 g/mol. The minimum atomic E-state index is -3.44. The van der Waals surface area contributed by atoms with Crippen LogP contribution in [0.1, 0.15) is 90.4 Å². The van der Waals surface area contributed by atoms with Crippen LogP contribution >= 0.6 is 15.9 Å². The SMILES string of the molecule is CCOc1cc([C@@H](CS(C)(=O)=O)n2c(=O)[nH]c3c(-n4cccn4)cccc32)ccc1OC.CCOc1cc([C@H](Cc2cccc(-n3cccn3)c2N)CS(C)(=O)=O)ccc1OC.CCOc1cc([C@H](Cc2cccc(-n3cccn3)c2[N+](=O)[O-])CS(C)(=O)=O)ccc1OC.CCOc1cc([C@H](Cc2cccc(Br)c2[N+](=O)[O-])CS(C)(=O)=O)ccc1OC.[CH3-].[W].c1cn[nH]c1. The van der Waals surface area contributed by atoms with Gasteiger partial charge in [0.1, 0.15) is 45.0 Å². The Hall–Kier alpha value is -12.2. The minimum absolute atomic E-state index is 0. The molecule has 13 rings (SSSR count). The summed E-state index contributed by atoms with van der Waals surface area (Å²) in [6, 6.07) is 48.5. The summed E-state index contributed by atoms with van der Waals surface area (Å²) in [5, 5.41) is 42.3. The van der Waals surface area contributed by atoms with E-state index in [1.54, 1.807) is 175 Å². The van der Waals surface area contributed by atoms with E-state index in [-0.39, 0.29) is 81.6 Å². The summed E-state index contributed by atoms with van der Waals surface area (Å²) >= 11 is 3.21. The number of halogens is 1. The molecule has 0 spiro atoms. The van der Waals surface area contributed by atoms with Crippen LogP contribution in [0.4, 0.5) is 17.1 Å². The van der Waals surface area contributed by atoms with Gasteiger partial charge in [-0.25, -0.2) is 52.5 Å². The van der Waals surface area contributed by atoms with E-state index in [1.807, 2.05) is 82.4 Å². The fourth-order valence-corrected chi connectivity index (χ4v) is 18.9. The molecule has 8 aromatic carbocycles. The Kier molecular flexibility index (Phi) is 38.9. The van der Waals surface area contributed by atoms with Crippen molar-refractivity contribution in [2.45, 2.75) is 70.8 Å². The standard InChI is InChI=1S/C22H24N4O5S.C22H25N3O6S.C22H27N3O4S.C19H22BrNO6S.C3H4N2.CH3.W/c1-4-31-20-13-15(9-10-19(20)30-2)18(14-32(3,28)29)26-17-8-5-7-16(21(17)24-22(26)27)25-12-6-11-23-25;1-4-31-21-14-16(9-10-20(21)30-2)18(15-32(3,28)29)13-17-7-5-8-19(22(17)25(26)27)24-12-6-11-23-24;1-4-29-21-14-16(9-10-20(21)28-2)18(15-30(3,26)27)13-17-7-5-8-19(22(17)23)25-12-6-11-24-25;1-4-27-18-11-13(8-9-17(18)26-2)15(12-28(3,24)25)10-14-6-5-7-16(20)19(14)21(22)23;1-2-4-5-3-1;;/h5-13,18H,4,14H2,1-3H3,(H,24,27);5-12,14,18H,4,13,15H2,1-3H3;5-12,14,18H,4,13,15,23H2,1-3H3;5-9,11,15H,4,10,12H2,1-3H3;1-3H,(H,4,5);1H3;/q;;;;;-1;/t3*18-;15-;;;/m1111.../s1. The molecule has 0 unspecified atom stereocenters. The van der Waals surface area contributed by atoms with Gasteiger partial charge >= 0.3 is 5.69 Å². The largest absolute Gasteiger partial charge is 0.493 e. The number of sulfone groups is 4. The number of anilines is 1. The van der Waals surface area contributed by atoms with Gasteiger partial charge in [-0.2, -0.15) is 20.4 Å². The maximum absolute atomic E-state index is 13.1. The molecule has 4 N–H and O–H groups in total. The van der Waals surface area contributed by atoms with E-state index in [1.165, 1.54) is 43.0 Å². The van der Waals surface area contributed by atoms with Crippen LogP contribution in [-0.2, 0) is 79.7 Å². The normalized spacial score (nSPS) is 12.1. The molecule has 0 saturated carbocycles. The van der Waals surface area contributed by atoms with Crippen LogP contribution in [0.15, 0.2) is 229 Å². The summed E-state index contributed by atoms with van der Waals surface area (Å²) in [4.78, 5) is 38.5. The number of aromatic amines is 2. The summed E-state index contributed by atoms with van der Waals surface area (Å²) < 4.78 is 148. The van der Waals surface area contributed by atoms with E-state index < -0.39 is 72.8 Å². The monoisotopic (exact) mass is 2080 g/mol. The van der Waals surface area contributed by atoms with E-state index in [9.17, 15) is 58.7 Å². The molecule has 0 fully saturated rings. The van der Waals surface area contributed by atoms with Crippen molar-refractivity contribution >= 4 is 83.4 Å². The molecule has 0 aliphatic heterocycles. The Bertz CT molecular complexity index is 6370. The van der Waals surface area contributed by atoms with Crippen molar-refractivity contribution in [3.8, 4) is 63.1 Å². The van der Waals surface area contributed by atoms with Gasteiger partial charge in [-0.05, 0) is 194 Å². The van der Waals surface area contributed by atoms with Gasteiger partial charge in [0.25, 0.3) is 11.4 Å². The molecule has 0 aliphatic rings. The molecule has 34 nitrogen and oxygen atoms in total. The molecule has 0 radical (unpaired) electrons. The van der Waals surface area contributed by atoms with Crippen molar-refractivity contribution in [1.82, 2.24) is 49.1 Å². The van der Waals surface area contributed by atoms with Crippen LogP contribution in [0.25, 0.3) is 28.1 Å². The number of rotatable bonds is 36. The van der Waals surface area contributed by atoms with Crippen molar-refractivity contribution in [2.75, 3.05) is 109 Å². The van der Waals surface area contributed by atoms with Gasteiger partial charge in [0.2, 0.25) is 0 Å². The second-order valence-electron chi connectivity index (χ2n) is 28.9. The maximum Gasteiger partial charge on any atom is 0.327 e. The number of nitrogens with one attached hydrogen (secondary N) is 2. The summed E-state index contributed by atoms with van der Waals surface area (Å²) in [5.41, 5.74) is 14.0. The summed E-state index contributed by atoms with van der Waals surface area (Å²) in [6.45, 7) is 9.14. The third-order valence-electron chi connectivity index (χ3n) is 19.5. The van der Waals surface area contributed by atoms with Gasteiger partial charge in [-0.3, -0.25) is 29.9 Å². The van der Waals surface area contributed by atoms with Crippen molar-refractivity contribution < 1.29 is 102 Å². The Morgan fingerprint density at radius 3 is 1.16 bits per heavy atom. The van der Waals surface area contributed by atoms with Crippen LogP contribution in [0.3, 0.4) is 0 Å². The second kappa shape index (κ2) is 48.3. The Morgan fingerprint density at radius 1 is 0.442 bits per heavy atom. The van der Waals surface area contributed by atoms with E-state index in [2.05, 4.69) is 46.4 Å². The molecule has 5 heterocycles. The molecule has 13 aromatic rings. The Labute approximate surface area is 772 Å². The van der Waals surface area contributed by atoms with Gasteiger partial charge < -0.3 is 56.0 Å². The van der Waals surface area contributed by atoms with E-state index in [0.717, 1.165) is 35.6 Å². The number of imidazole rings is 1. The third kappa shape index (κ3) is 29.4. The number of nitro benzene ring substituents is 2. The number of aromatic nitrogens is 10. The number of fused-ring (bicyclic) bond motifs is 1. The predicted molar refractivity (Wildman–Crippen MR) is 497 cm³/mol. The fraction of sp³-hybridized carbons (Fsp3) is 0.303. The van der Waals surface area contributed by atoms with Gasteiger partial charge in [-0.15, -0.1) is 0 Å². The molecule has 690 valence electrons. The predicted octanol–water partition coefficient (Wildman–Crippen LogP) is 14.3. The number of ether oxygens (including phenoxy) is 8. The number of para-hydroxylation sites is 4. The zero-order valence-corrected chi connectivity index (χ0v) is 81.2. The number of nitro groups is 2. The number of nitrogens with two attached hydrogens (primary N) is 1. The first-order valence-corrected chi connectivity index (χ1v) is 48.7. The summed E-state index contributed by atoms with van der Waals surface area (Å²) in [6.07, 6.45) is 19.1. The molecular formula is C89H105BrN13O21S4W-. The summed E-state index contributed by atoms with van der Waals surface area (Å²) in [7, 11) is -7.22. The van der Waals surface area contributed by atoms with Crippen molar-refractivity contribution in [3.63, 3.8) is 0 Å². The van der Waals surface area contributed by atoms with Gasteiger partial charge in [-0.1, -0.05) is 66.7 Å². The van der Waals surface area contributed by atoms with E-state index in [0.29, 0.717) is 139 Å². The van der Waals surface area contributed by atoms with Gasteiger partial charge in [0.15, 0.2) is 46.0 Å². The number of nitrogens with zero attached hydrogens (tertiary/aromatic N) is 10. The molecule has 0 saturated heterocycles. The average Bonchev–Trinajstić information content (AvgIpc) is 1.60. The fourth-order valence-electron chi connectivity index (χ4n) is 14.3. The maximum atomic E-state index is 13.1. The number of H-pyrrole nitrogens is 2. The van der Waals surface area contributed by atoms with Crippen LogP contribution < -0.4 is 49.3 Å². The van der Waals surface area contributed by atoms with Crippen molar-refractivity contribution in [2.24, 2.45) is 0 Å². The number of hydrogen-bond acceptors (Lipinski definition) is 26.